The monoisotopic (exact) mass is 360 g/mol. The largest absolute Gasteiger partial charge is 0.294 e. The molecule has 0 bridgehead atoms. The fourth-order valence-corrected chi connectivity index (χ4v) is 2.52. The first-order chi connectivity index (χ1) is 8.99. The van der Waals surface area contributed by atoms with E-state index >= 15 is 0 Å². The normalized spacial score (nSPS) is 10.5. The molecule has 0 atom stereocenters. The van der Waals surface area contributed by atoms with E-state index in [1.54, 1.807) is 18.2 Å². The van der Waals surface area contributed by atoms with Crippen LogP contribution in [0.5, 0.6) is 0 Å². The van der Waals surface area contributed by atoms with E-state index in [0.29, 0.717) is 20.1 Å². The molecule has 0 aliphatic rings. The Morgan fingerprint density at radius 3 is 2.68 bits per heavy atom. The van der Waals surface area contributed by atoms with Crippen molar-refractivity contribution in [1.82, 2.24) is 0 Å². The smallest absolute Gasteiger partial charge is 0.168 e. The number of Topliss-reactive ketones (excluding diaryl/α,β-unsaturated/α-hetero) is 1. The Morgan fingerprint density at radius 1 is 1.21 bits per heavy atom. The van der Waals surface area contributed by atoms with Gasteiger partial charge >= 0.3 is 0 Å². The van der Waals surface area contributed by atoms with Gasteiger partial charge in [0.15, 0.2) is 5.78 Å². The second-order valence-electron chi connectivity index (χ2n) is 3.94. The second-order valence-corrected chi connectivity index (χ2v) is 5.58. The average Bonchev–Trinajstić information content (AvgIpc) is 2.38. The maximum absolute atomic E-state index is 13.2. The van der Waals surface area contributed by atoms with Crippen LogP contribution in [0.2, 0.25) is 10.0 Å². The van der Waals surface area contributed by atoms with Crippen molar-refractivity contribution in [1.29, 1.82) is 0 Å². The van der Waals surface area contributed by atoms with E-state index in [4.69, 9.17) is 23.2 Å². The molecule has 0 aromatic heterocycles. The molecule has 0 amide bonds. The highest BCUT2D eigenvalue weighted by Gasteiger charge is 2.14. The average molecular weight is 362 g/mol. The first-order valence-corrected chi connectivity index (χ1v) is 6.95. The van der Waals surface area contributed by atoms with E-state index in [-0.39, 0.29) is 17.8 Å². The van der Waals surface area contributed by atoms with Crippen molar-refractivity contribution >= 4 is 44.9 Å². The van der Waals surface area contributed by atoms with Crippen LogP contribution in [0.1, 0.15) is 15.9 Å². The molecule has 0 aliphatic carbocycles. The predicted molar refractivity (Wildman–Crippen MR) is 78.6 cm³/mol. The third-order valence-electron chi connectivity index (χ3n) is 2.61. The Hall–Kier alpha value is -0.900. The number of halogens is 4. The highest BCUT2D eigenvalue weighted by Crippen LogP contribution is 2.27. The van der Waals surface area contributed by atoms with E-state index in [0.717, 1.165) is 0 Å². The fraction of sp³-hybridized carbons (Fsp3) is 0.0714. The van der Waals surface area contributed by atoms with Crippen molar-refractivity contribution in [2.45, 2.75) is 6.42 Å². The Kier molecular flexibility index (Phi) is 4.61. The quantitative estimate of drug-likeness (QED) is 0.676. The number of ketones is 1. The molecule has 2 rings (SSSR count). The summed E-state index contributed by atoms with van der Waals surface area (Å²) in [7, 11) is 0. The van der Waals surface area contributed by atoms with Crippen LogP contribution < -0.4 is 0 Å². The Morgan fingerprint density at radius 2 is 1.95 bits per heavy atom. The number of carbonyl (C=O) groups is 1. The van der Waals surface area contributed by atoms with Gasteiger partial charge in [-0.2, -0.15) is 0 Å². The third kappa shape index (κ3) is 3.35. The SMILES string of the molecule is O=C(Cc1cccc(Cl)c1Cl)c1cc(F)ccc1Br. The lowest BCUT2D eigenvalue weighted by Gasteiger charge is -2.07. The van der Waals surface area contributed by atoms with Gasteiger partial charge in [0.05, 0.1) is 10.0 Å². The van der Waals surface area contributed by atoms with Gasteiger partial charge in [0, 0.05) is 16.5 Å². The van der Waals surface area contributed by atoms with Gasteiger partial charge in [0.2, 0.25) is 0 Å². The summed E-state index contributed by atoms with van der Waals surface area (Å²) in [5, 5.41) is 0.746. The highest BCUT2D eigenvalue weighted by atomic mass is 79.9. The van der Waals surface area contributed by atoms with Gasteiger partial charge in [-0.15, -0.1) is 0 Å². The van der Waals surface area contributed by atoms with Crippen molar-refractivity contribution in [3.8, 4) is 0 Å². The molecule has 2 aromatic carbocycles. The van der Waals surface area contributed by atoms with E-state index in [2.05, 4.69) is 15.9 Å². The van der Waals surface area contributed by atoms with Crippen molar-refractivity contribution in [2.24, 2.45) is 0 Å². The fourth-order valence-electron chi connectivity index (χ4n) is 1.66. The van der Waals surface area contributed by atoms with Gasteiger partial charge in [-0.3, -0.25) is 4.79 Å². The minimum absolute atomic E-state index is 0.0709. The number of carbonyl (C=O) groups excluding carboxylic acids is 1. The Balaban J connectivity index is 2.31. The zero-order valence-corrected chi connectivity index (χ0v) is 12.7. The molecule has 5 heteroatoms. The van der Waals surface area contributed by atoms with E-state index in [1.165, 1.54) is 18.2 Å². The maximum atomic E-state index is 13.2. The summed E-state index contributed by atoms with van der Waals surface area (Å²) in [5.74, 6) is -0.681. The number of rotatable bonds is 3. The third-order valence-corrected chi connectivity index (χ3v) is 4.16. The maximum Gasteiger partial charge on any atom is 0.168 e. The van der Waals surface area contributed by atoms with Crippen molar-refractivity contribution in [3.63, 3.8) is 0 Å². The molecule has 0 saturated carbocycles. The zero-order valence-electron chi connectivity index (χ0n) is 9.59. The number of hydrogen-bond acceptors (Lipinski definition) is 1. The van der Waals surface area contributed by atoms with Crippen molar-refractivity contribution < 1.29 is 9.18 Å². The Labute approximate surface area is 128 Å². The molecule has 0 unspecified atom stereocenters. The standard InChI is InChI=1S/C14H8BrCl2FO/c15-11-5-4-9(18)7-10(11)13(19)6-8-2-1-3-12(16)14(8)17/h1-5,7H,6H2. The summed E-state index contributed by atoms with van der Waals surface area (Å²) in [6.07, 6.45) is 0.0709. The van der Waals surface area contributed by atoms with Gasteiger partial charge in [0.25, 0.3) is 0 Å². The molecule has 0 aliphatic heterocycles. The van der Waals surface area contributed by atoms with Gasteiger partial charge in [-0.05, 0) is 29.8 Å². The van der Waals surface area contributed by atoms with Crippen LogP contribution in [0.25, 0.3) is 0 Å². The van der Waals surface area contributed by atoms with Crippen molar-refractivity contribution in [2.75, 3.05) is 0 Å². The first-order valence-electron chi connectivity index (χ1n) is 5.40. The molecular formula is C14H8BrCl2FO. The lowest BCUT2D eigenvalue weighted by molar-refractivity contribution is 0.0992. The minimum Gasteiger partial charge on any atom is -0.294 e. The van der Waals surface area contributed by atoms with Crippen molar-refractivity contribution in [3.05, 3.63) is 67.9 Å². The summed E-state index contributed by atoms with van der Waals surface area (Å²) in [5.41, 5.74) is 0.909. The van der Waals surface area contributed by atoms with Crippen LogP contribution in [-0.4, -0.2) is 5.78 Å². The van der Waals surface area contributed by atoms with Crippen LogP contribution >= 0.6 is 39.1 Å². The summed E-state index contributed by atoms with van der Waals surface area (Å²) in [6, 6.07) is 9.08. The first kappa shape index (κ1) is 14.5. The lowest BCUT2D eigenvalue weighted by atomic mass is 10.0. The number of benzene rings is 2. The highest BCUT2D eigenvalue weighted by molar-refractivity contribution is 9.10. The molecule has 0 fully saturated rings. The van der Waals surface area contributed by atoms with Crippen LogP contribution in [0, 0.1) is 5.82 Å². The van der Waals surface area contributed by atoms with Gasteiger partial charge in [-0.1, -0.05) is 51.3 Å². The second kappa shape index (κ2) is 6.04. The number of hydrogen-bond donors (Lipinski definition) is 0. The predicted octanol–water partition coefficient (Wildman–Crippen LogP) is 5.32. The molecule has 0 N–H and O–H groups in total. The summed E-state index contributed by atoms with van der Waals surface area (Å²) >= 11 is 15.1. The van der Waals surface area contributed by atoms with Gasteiger partial charge < -0.3 is 0 Å². The zero-order chi connectivity index (χ0) is 14.0. The summed E-state index contributed by atoms with van der Waals surface area (Å²) in [4.78, 5) is 12.2. The summed E-state index contributed by atoms with van der Waals surface area (Å²) < 4.78 is 13.7. The van der Waals surface area contributed by atoms with Gasteiger partial charge in [0.1, 0.15) is 5.82 Å². The van der Waals surface area contributed by atoms with Gasteiger partial charge in [-0.25, -0.2) is 4.39 Å². The lowest BCUT2D eigenvalue weighted by Crippen LogP contribution is -2.05. The molecular weight excluding hydrogens is 354 g/mol. The topological polar surface area (TPSA) is 17.1 Å². The van der Waals surface area contributed by atoms with Crippen LogP contribution in [0.4, 0.5) is 4.39 Å². The van der Waals surface area contributed by atoms with Crippen LogP contribution in [0.3, 0.4) is 0 Å². The Bertz CT molecular complexity index is 643. The molecule has 0 saturated heterocycles. The summed E-state index contributed by atoms with van der Waals surface area (Å²) in [6.45, 7) is 0. The molecule has 0 radical (unpaired) electrons. The molecule has 98 valence electrons. The molecule has 19 heavy (non-hydrogen) atoms. The molecule has 2 aromatic rings. The van der Waals surface area contributed by atoms with Crippen LogP contribution in [0.15, 0.2) is 40.9 Å². The molecule has 0 spiro atoms. The molecule has 0 heterocycles. The van der Waals surface area contributed by atoms with E-state index in [9.17, 15) is 9.18 Å². The van der Waals surface area contributed by atoms with E-state index in [1.807, 2.05) is 0 Å². The van der Waals surface area contributed by atoms with E-state index < -0.39 is 5.82 Å². The minimum atomic E-state index is -0.455. The molecule has 1 nitrogen and oxygen atoms in total. The van der Waals surface area contributed by atoms with Crippen LogP contribution in [-0.2, 0) is 6.42 Å².